The minimum atomic E-state index is 0. The van der Waals surface area contributed by atoms with Crippen LogP contribution in [0.25, 0.3) is 0 Å². The summed E-state index contributed by atoms with van der Waals surface area (Å²) in [6.07, 6.45) is 0. The Kier molecular flexibility index (Phi) is 10.3. The molecule has 1 heterocycles. The lowest BCUT2D eigenvalue weighted by molar-refractivity contribution is 0.230. The molecule has 1 aliphatic heterocycles. The number of piperazine rings is 1. The van der Waals surface area contributed by atoms with E-state index in [-0.39, 0.29) is 30.7 Å². The first kappa shape index (κ1) is 25.7. The lowest BCUT2D eigenvalue weighted by Gasteiger charge is -2.29. The summed E-state index contributed by atoms with van der Waals surface area (Å²) in [5, 5.41) is 3.43. The first-order chi connectivity index (χ1) is 14.3. The Morgan fingerprint density at radius 2 is 1.45 bits per heavy atom. The van der Waals surface area contributed by atoms with Crippen LogP contribution in [0.1, 0.15) is 28.2 Å². The van der Waals surface area contributed by atoms with Crippen molar-refractivity contribution in [3.63, 3.8) is 0 Å². The zero-order chi connectivity index (χ0) is 20.1. The molecule has 3 aromatic carbocycles. The number of benzene rings is 3. The van der Waals surface area contributed by atoms with Gasteiger partial charge in [0.1, 0.15) is 5.75 Å². The zero-order valence-electron chi connectivity index (χ0n) is 17.6. The Morgan fingerprint density at radius 1 is 0.903 bits per heavy atom. The van der Waals surface area contributed by atoms with Gasteiger partial charge in [0.25, 0.3) is 0 Å². The van der Waals surface area contributed by atoms with Crippen molar-refractivity contribution >= 4 is 40.7 Å². The largest absolute Gasteiger partial charge is 0.496 e. The van der Waals surface area contributed by atoms with Gasteiger partial charge in [0.15, 0.2) is 0 Å². The lowest BCUT2D eigenvalue weighted by Crippen LogP contribution is -2.42. The predicted octanol–water partition coefficient (Wildman–Crippen LogP) is 5.89. The number of hydrogen-bond acceptors (Lipinski definition) is 3. The van der Waals surface area contributed by atoms with Crippen LogP contribution in [0.4, 0.5) is 0 Å². The fourth-order valence-corrected chi connectivity index (χ4v) is 4.73. The van der Waals surface area contributed by atoms with Crippen LogP contribution in [-0.2, 0) is 6.54 Å². The van der Waals surface area contributed by atoms with Gasteiger partial charge in [-0.15, -0.1) is 24.8 Å². The highest BCUT2D eigenvalue weighted by Crippen LogP contribution is 2.41. The summed E-state index contributed by atoms with van der Waals surface area (Å²) in [7, 11) is 1.79. The second kappa shape index (κ2) is 12.5. The van der Waals surface area contributed by atoms with Crippen LogP contribution in [-0.4, -0.2) is 38.2 Å². The molecule has 0 bridgehead atoms. The van der Waals surface area contributed by atoms with Gasteiger partial charge in [0.05, 0.1) is 7.11 Å². The summed E-state index contributed by atoms with van der Waals surface area (Å²) < 4.78 is 7.13. The van der Waals surface area contributed by atoms with Crippen LogP contribution in [0.5, 0.6) is 5.75 Å². The molecule has 0 saturated carbocycles. The molecule has 0 aromatic heterocycles. The van der Waals surface area contributed by atoms with Gasteiger partial charge in [-0.05, 0) is 23.3 Å². The molecule has 166 valence electrons. The molecule has 3 nitrogen and oxygen atoms in total. The molecule has 4 rings (SSSR count). The SMILES string of the molecule is COc1c(CN2CCNCC2)cc(Br)cc1C(c1ccccc1)c1ccccc1.Cl.Cl. The number of methoxy groups -OCH3 is 1. The van der Waals surface area contributed by atoms with E-state index >= 15 is 0 Å². The van der Waals surface area contributed by atoms with Gasteiger partial charge < -0.3 is 10.1 Å². The quantitative estimate of drug-likeness (QED) is 0.408. The number of rotatable bonds is 6. The van der Waals surface area contributed by atoms with Crippen molar-refractivity contribution in [1.29, 1.82) is 0 Å². The van der Waals surface area contributed by atoms with Crippen LogP contribution < -0.4 is 10.1 Å². The summed E-state index contributed by atoms with van der Waals surface area (Å²) in [6.45, 7) is 5.10. The number of hydrogen-bond donors (Lipinski definition) is 1. The molecular formula is C25H29BrCl2N2O. The summed E-state index contributed by atoms with van der Waals surface area (Å²) in [4.78, 5) is 2.49. The van der Waals surface area contributed by atoms with Crippen molar-refractivity contribution in [1.82, 2.24) is 10.2 Å². The van der Waals surface area contributed by atoms with E-state index < -0.39 is 0 Å². The van der Waals surface area contributed by atoms with E-state index in [9.17, 15) is 0 Å². The summed E-state index contributed by atoms with van der Waals surface area (Å²) in [5.41, 5.74) is 4.96. The minimum Gasteiger partial charge on any atom is -0.496 e. The molecule has 0 radical (unpaired) electrons. The average molecular weight is 524 g/mol. The molecule has 0 amide bonds. The molecule has 0 aliphatic carbocycles. The maximum atomic E-state index is 6.03. The maximum absolute atomic E-state index is 6.03. The van der Waals surface area contributed by atoms with E-state index in [1.54, 1.807) is 7.11 Å². The second-order valence-electron chi connectivity index (χ2n) is 7.47. The fraction of sp³-hybridized carbons (Fsp3) is 0.280. The van der Waals surface area contributed by atoms with Crippen molar-refractivity contribution in [2.24, 2.45) is 0 Å². The van der Waals surface area contributed by atoms with Crippen LogP contribution in [0.2, 0.25) is 0 Å². The van der Waals surface area contributed by atoms with E-state index in [0.29, 0.717) is 0 Å². The van der Waals surface area contributed by atoms with Crippen molar-refractivity contribution in [2.75, 3.05) is 33.3 Å². The topological polar surface area (TPSA) is 24.5 Å². The monoisotopic (exact) mass is 522 g/mol. The molecule has 1 N–H and O–H groups in total. The summed E-state index contributed by atoms with van der Waals surface area (Å²) in [6, 6.07) is 25.8. The lowest BCUT2D eigenvalue weighted by atomic mass is 9.84. The van der Waals surface area contributed by atoms with Crippen LogP contribution in [0.3, 0.4) is 0 Å². The van der Waals surface area contributed by atoms with Crippen LogP contribution in [0, 0.1) is 0 Å². The third-order valence-electron chi connectivity index (χ3n) is 5.54. The number of halogens is 3. The highest BCUT2D eigenvalue weighted by molar-refractivity contribution is 9.10. The highest BCUT2D eigenvalue weighted by Gasteiger charge is 2.24. The van der Waals surface area contributed by atoms with Gasteiger partial charge in [0, 0.05) is 54.2 Å². The molecular weight excluding hydrogens is 495 g/mol. The number of nitrogens with zero attached hydrogens (tertiary/aromatic N) is 1. The Hall–Kier alpha value is -1.56. The third kappa shape index (κ3) is 6.24. The number of ether oxygens (including phenoxy) is 1. The van der Waals surface area contributed by atoms with Gasteiger partial charge in [-0.3, -0.25) is 4.90 Å². The first-order valence-electron chi connectivity index (χ1n) is 10.2. The molecule has 31 heavy (non-hydrogen) atoms. The summed E-state index contributed by atoms with van der Waals surface area (Å²) in [5.74, 6) is 1.11. The average Bonchev–Trinajstić information content (AvgIpc) is 2.76. The van der Waals surface area contributed by atoms with Gasteiger partial charge in [-0.1, -0.05) is 76.6 Å². The molecule has 0 atom stereocenters. The minimum absolute atomic E-state index is 0. The van der Waals surface area contributed by atoms with E-state index in [2.05, 4.69) is 98.9 Å². The van der Waals surface area contributed by atoms with Gasteiger partial charge in [-0.2, -0.15) is 0 Å². The Bertz CT molecular complexity index is 896. The van der Waals surface area contributed by atoms with Gasteiger partial charge in [0.2, 0.25) is 0 Å². The Labute approximate surface area is 206 Å². The molecule has 3 aromatic rings. The summed E-state index contributed by atoms with van der Waals surface area (Å²) >= 11 is 3.77. The molecule has 0 spiro atoms. The normalized spacial score (nSPS) is 13.9. The molecule has 6 heteroatoms. The van der Waals surface area contributed by atoms with Crippen molar-refractivity contribution in [3.8, 4) is 5.75 Å². The highest BCUT2D eigenvalue weighted by atomic mass is 79.9. The van der Waals surface area contributed by atoms with E-state index in [1.165, 1.54) is 22.3 Å². The molecule has 1 saturated heterocycles. The smallest absolute Gasteiger partial charge is 0.127 e. The van der Waals surface area contributed by atoms with Gasteiger partial charge in [-0.25, -0.2) is 0 Å². The van der Waals surface area contributed by atoms with Gasteiger partial charge >= 0.3 is 0 Å². The molecule has 1 fully saturated rings. The first-order valence-corrected chi connectivity index (χ1v) is 10.9. The Morgan fingerprint density at radius 3 is 1.97 bits per heavy atom. The van der Waals surface area contributed by atoms with Crippen molar-refractivity contribution < 1.29 is 4.74 Å². The fourth-order valence-electron chi connectivity index (χ4n) is 4.21. The third-order valence-corrected chi connectivity index (χ3v) is 6.00. The molecule has 1 aliphatic rings. The van der Waals surface area contributed by atoms with Crippen LogP contribution in [0.15, 0.2) is 77.3 Å². The standard InChI is InChI=1S/C25H27BrN2O.2ClH/c1-29-25-21(18-28-14-12-27-13-15-28)16-22(26)17-23(25)24(19-8-4-2-5-9-19)20-10-6-3-7-11-20;;/h2-11,16-17,24,27H,12-15,18H2,1H3;2*1H. The van der Waals surface area contributed by atoms with E-state index in [4.69, 9.17) is 4.74 Å². The second-order valence-corrected chi connectivity index (χ2v) is 8.38. The van der Waals surface area contributed by atoms with E-state index in [1.807, 2.05) is 0 Å². The number of nitrogens with one attached hydrogen (secondary N) is 1. The van der Waals surface area contributed by atoms with E-state index in [0.717, 1.165) is 42.9 Å². The Balaban J connectivity index is 0.00000171. The van der Waals surface area contributed by atoms with Crippen molar-refractivity contribution in [2.45, 2.75) is 12.5 Å². The van der Waals surface area contributed by atoms with Crippen LogP contribution >= 0.6 is 40.7 Å². The maximum Gasteiger partial charge on any atom is 0.127 e. The van der Waals surface area contributed by atoms with Crippen molar-refractivity contribution in [3.05, 3.63) is 99.5 Å². The predicted molar refractivity (Wildman–Crippen MR) is 137 cm³/mol. The molecule has 0 unspecified atom stereocenters. The zero-order valence-corrected chi connectivity index (χ0v) is 20.8.